The van der Waals surface area contributed by atoms with Crippen LogP contribution in [0.4, 0.5) is 14.9 Å². The number of likely N-dealkylation sites (tertiary alicyclic amines) is 1. The normalized spacial score (nSPS) is 17.2. The lowest BCUT2D eigenvalue weighted by atomic mass is 10.2. The summed E-state index contributed by atoms with van der Waals surface area (Å²) < 4.78 is 13.4. The number of hydrogen-bond acceptors (Lipinski definition) is 2. The average molecular weight is 321 g/mol. The summed E-state index contributed by atoms with van der Waals surface area (Å²) in [5, 5.41) is 2.73. The van der Waals surface area contributed by atoms with Crippen LogP contribution in [0.3, 0.4) is 0 Å². The summed E-state index contributed by atoms with van der Waals surface area (Å²) in [4.78, 5) is 28.4. The van der Waals surface area contributed by atoms with Gasteiger partial charge in [-0.1, -0.05) is 6.07 Å². The fourth-order valence-corrected chi connectivity index (χ4v) is 2.93. The van der Waals surface area contributed by atoms with Gasteiger partial charge in [-0.3, -0.25) is 4.79 Å². The van der Waals surface area contributed by atoms with Gasteiger partial charge in [0, 0.05) is 25.3 Å². The molecule has 2 rings (SSSR count). The lowest BCUT2D eigenvalue weighted by Gasteiger charge is -2.29. The van der Waals surface area contributed by atoms with Gasteiger partial charge in [0.15, 0.2) is 0 Å². The first-order chi connectivity index (χ1) is 11.0. The van der Waals surface area contributed by atoms with Gasteiger partial charge in [0.05, 0.1) is 0 Å². The van der Waals surface area contributed by atoms with E-state index in [1.54, 1.807) is 22.8 Å². The van der Waals surface area contributed by atoms with Gasteiger partial charge in [-0.25, -0.2) is 9.18 Å². The highest BCUT2D eigenvalue weighted by Gasteiger charge is 2.36. The minimum absolute atomic E-state index is 0.0152. The molecule has 1 N–H and O–H groups in total. The van der Waals surface area contributed by atoms with Crippen molar-refractivity contribution in [3.63, 3.8) is 0 Å². The molecule has 1 aliphatic heterocycles. The molecule has 126 valence electrons. The number of carbonyl (C=O) groups excluding carboxylic acids is 2. The van der Waals surface area contributed by atoms with E-state index in [9.17, 15) is 14.0 Å². The Hall–Kier alpha value is -2.11. The van der Waals surface area contributed by atoms with E-state index in [1.165, 1.54) is 12.1 Å². The lowest BCUT2D eigenvalue weighted by molar-refractivity contribution is -0.134. The molecule has 0 aromatic heterocycles. The van der Waals surface area contributed by atoms with Crippen LogP contribution in [0.25, 0.3) is 0 Å². The van der Waals surface area contributed by atoms with Crippen LogP contribution >= 0.6 is 0 Å². The zero-order chi connectivity index (χ0) is 17.0. The highest BCUT2D eigenvalue weighted by molar-refractivity contribution is 5.94. The van der Waals surface area contributed by atoms with Gasteiger partial charge < -0.3 is 15.1 Å². The molecule has 6 heteroatoms. The van der Waals surface area contributed by atoms with Gasteiger partial charge in [0.1, 0.15) is 11.9 Å². The molecule has 1 heterocycles. The van der Waals surface area contributed by atoms with Gasteiger partial charge in [-0.2, -0.15) is 0 Å². The standard InChI is InChI=1S/C17H24FN3O2/c1-4-20(5-2)16(22)15-7-6-10-21(15)17(23)19-14-11-13(18)9-8-12(14)3/h8-9,11,15H,4-7,10H2,1-3H3,(H,19,23). The van der Waals surface area contributed by atoms with Crippen molar-refractivity contribution in [1.82, 2.24) is 9.80 Å². The monoisotopic (exact) mass is 321 g/mol. The van der Waals surface area contributed by atoms with E-state index in [1.807, 2.05) is 13.8 Å². The van der Waals surface area contributed by atoms with Crippen LogP contribution in [0.15, 0.2) is 18.2 Å². The third kappa shape index (κ3) is 3.81. The largest absolute Gasteiger partial charge is 0.341 e. The minimum Gasteiger partial charge on any atom is -0.341 e. The molecule has 5 nitrogen and oxygen atoms in total. The van der Waals surface area contributed by atoms with Gasteiger partial charge >= 0.3 is 6.03 Å². The van der Waals surface area contributed by atoms with Crippen molar-refractivity contribution >= 4 is 17.6 Å². The molecule has 1 aliphatic rings. The van der Waals surface area contributed by atoms with Crippen molar-refractivity contribution in [2.24, 2.45) is 0 Å². The first-order valence-corrected chi connectivity index (χ1v) is 8.10. The second kappa shape index (κ2) is 7.44. The van der Waals surface area contributed by atoms with Crippen molar-refractivity contribution in [1.29, 1.82) is 0 Å². The topological polar surface area (TPSA) is 52.7 Å². The molecule has 0 spiro atoms. The third-order valence-corrected chi connectivity index (χ3v) is 4.32. The first kappa shape index (κ1) is 17.2. The van der Waals surface area contributed by atoms with Crippen LogP contribution in [-0.2, 0) is 4.79 Å². The Kier molecular flexibility index (Phi) is 5.58. The van der Waals surface area contributed by atoms with Crippen LogP contribution in [0, 0.1) is 12.7 Å². The summed E-state index contributed by atoms with van der Waals surface area (Å²) in [7, 11) is 0. The summed E-state index contributed by atoms with van der Waals surface area (Å²) in [6.07, 6.45) is 1.47. The number of amides is 3. The Bertz CT molecular complexity index is 587. The Morgan fingerprint density at radius 1 is 1.35 bits per heavy atom. The quantitative estimate of drug-likeness (QED) is 0.927. The maximum absolute atomic E-state index is 13.4. The first-order valence-electron chi connectivity index (χ1n) is 8.10. The van der Waals surface area contributed by atoms with Crippen LogP contribution in [0.5, 0.6) is 0 Å². The van der Waals surface area contributed by atoms with Crippen LogP contribution in [-0.4, -0.2) is 47.4 Å². The van der Waals surface area contributed by atoms with Crippen molar-refractivity contribution in [3.8, 4) is 0 Å². The van der Waals surface area contributed by atoms with Gasteiger partial charge in [0.2, 0.25) is 5.91 Å². The number of nitrogens with one attached hydrogen (secondary N) is 1. The molecule has 0 saturated carbocycles. The Morgan fingerprint density at radius 2 is 2.04 bits per heavy atom. The second-order valence-corrected chi connectivity index (χ2v) is 5.75. The molecule has 0 radical (unpaired) electrons. The molecule has 1 fully saturated rings. The maximum atomic E-state index is 13.4. The molecule has 1 unspecified atom stereocenters. The van der Waals surface area contributed by atoms with Crippen LogP contribution < -0.4 is 5.32 Å². The molecule has 3 amide bonds. The van der Waals surface area contributed by atoms with E-state index >= 15 is 0 Å². The summed E-state index contributed by atoms with van der Waals surface area (Å²) >= 11 is 0. The Balaban J connectivity index is 2.11. The fourth-order valence-electron chi connectivity index (χ4n) is 2.93. The lowest BCUT2D eigenvalue weighted by Crippen LogP contribution is -2.49. The molecule has 1 aromatic rings. The third-order valence-electron chi connectivity index (χ3n) is 4.32. The Morgan fingerprint density at radius 3 is 2.70 bits per heavy atom. The summed E-state index contributed by atoms with van der Waals surface area (Å²) in [5.74, 6) is -0.415. The number of halogens is 1. The molecule has 1 saturated heterocycles. The van der Waals surface area contributed by atoms with E-state index in [-0.39, 0.29) is 11.9 Å². The number of hydrogen-bond donors (Lipinski definition) is 1. The molecular weight excluding hydrogens is 297 g/mol. The summed E-state index contributed by atoms with van der Waals surface area (Å²) in [6, 6.07) is 3.50. The number of urea groups is 1. The van der Waals surface area contributed by atoms with Crippen molar-refractivity contribution < 1.29 is 14.0 Å². The van der Waals surface area contributed by atoms with Crippen molar-refractivity contribution in [2.75, 3.05) is 25.0 Å². The van der Waals surface area contributed by atoms with Crippen molar-refractivity contribution in [2.45, 2.75) is 39.7 Å². The molecular formula is C17H24FN3O2. The van der Waals surface area contributed by atoms with E-state index in [0.29, 0.717) is 31.7 Å². The van der Waals surface area contributed by atoms with Crippen molar-refractivity contribution in [3.05, 3.63) is 29.6 Å². The van der Waals surface area contributed by atoms with E-state index in [2.05, 4.69) is 5.32 Å². The fraction of sp³-hybridized carbons (Fsp3) is 0.529. The van der Waals surface area contributed by atoms with Gasteiger partial charge in [-0.05, 0) is 51.3 Å². The number of aryl methyl sites for hydroxylation is 1. The maximum Gasteiger partial charge on any atom is 0.322 e. The number of benzene rings is 1. The number of rotatable bonds is 4. The molecule has 23 heavy (non-hydrogen) atoms. The SMILES string of the molecule is CCN(CC)C(=O)C1CCCN1C(=O)Nc1cc(F)ccc1C. The smallest absolute Gasteiger partial charge is 0.322 e. The highest BCUT2D eigenvalue weighted by atomic mass is 19.1. The van der Waals surface area contributed by atoms with E-state index in [4.69, 9.17) is 0 Å². The predicted molar refractivity (Wildman–Crippen MR) is 87.8 cm³/mol. The molecule has 0 bridgehead atoms. The highest BCUT2D eigenvalue weighted by Crippen LogP contribution is 2.22. The summed E-state index contributed by atoms with van der Waals surface area (Å²) in [6.45, 7) is 7.46. The van der Waals surface area contributed by atoms with E-state index < -0.39 is 11.9 Å². The number of anilines is 1. The van der Waals surface area contributed by atoms with E-state index in [0.717, 1.165) is 12.0 Å². The van der Waals surface area contributed by atoms with Crippen LogP contribution in [0.2, 0.25) is 0 Å². The molecule has 0 aliphatic carbocycles. The Labute approximate surface area is 136 Å². The molecule has 1 aromatic carbocycles. The number of nitrogens with zero attached hydrogens (tertiary/aromatic N) is 2. The predicted octanol–water partition coefficient (Wildman–Crippen LogP) is 3.00. The zero-order valence-electron chi connectivity index (χ0n) is 13.9. The number of carbonyl (C=O) groups is 2. The minimum atomic E-state index is -0.427. The second-order valence-electron chi connectivity index (χ2n) is 5.75. The van der Waals surface area contributed by atoms with Gasteiger partial charge in [0.25, 0.3) is 0 Å². The zero-order valence-corrected chi connectivity index (χ0v) is 13.9. The average Bonchev–Trinajstić information content (AvgIpc) is 3.01. The molecule has 1 atom stereocenters. The van der Waals surface area contributed by atoms with Crippen LogP contribution in [0.1, 0.15) is 32.3 Å². The summed E-state index contributed by atoms with van der Waals surface area (Å²) in [5.41, 5.74) is 1.22. The van der Waals surface area contributed by atoms with Gasteiger partial charge in [-0.15, -0.1) is 0 Å². The number of likely N-dealkylation sites (N-methyl/N-ethyl adjacent to an activating group) is 1.